The first-order valence-electron chi connectivity index (χ1n) is 15.3. The van der Waals surface area contributed by atoms with E-state index in [2.05, 4.69) is 54.6 Å². The molecule has 4 heterocycles. The molecule has 220 valence electrons. The van der Waals surface area contributed by atoms with Gasteiger partial charge in [-0.15, -0.1) is 11.3 Å². The summed E-state index contributed by atoms with van der Waals surface area (Å²) in [6, 6.07) is 44.8. The van der Waals surface area contributed by atoms with Crippen LogP contribution in [0.1, 0.15) is 0 Å². The van der Waals surface area contributed by atoms with E-state index in [-0.39, 0.29) is 0 Å². The smallest absolute Gasteiger partial charge is 0.227 e. The normalized spacial score (nSPS) is 11.8. The maximum atomic E-state index is 6.22. The molecule has 0 unspecified atom stereocenters. The van der Waals surface area contributed by atoms with Crippen LogP contribution in [0.4, 0.5) is 0 Å². The molecule has 0 spiro atoms. The van der Waals surface area contributed by atoms with Crippen molar-refractivity contribution in [2.75, 3.05) is 0 Å². The lowest BCUT2D eigenvalue weighted by molar-refractivity contribution is 0.620. The summed E-state index contributed by atoms with van der Waals surface area (Å²) in [6.07, 6.45) is 0. The van der Waals surface area contributed by atoms with Gasteiger partial charge in [-0.25, -0.2) is 19.9 Å². The molecule has 47 heavy (non-hydrogen) atoms. The van der Waals surface area contributed by atoms with Crippen molar-refractivity contribution < 1.29 is 8.83 Å². The molecular formula is C40H22N4O2S. The summed E-state index contributed by atoms with van der Waals surface area (Å²) >= 11 is 1.75. The molecule has 0 aliphatic heterocycles. The Labute approximate surface area is 271 Å². The van der Waals surface area contributed by atoms with Crippen molar-refractivity contribution in [1.82, 2.24) is 19.9 Å². The van der Waals surface area contributed by atoms with Crippen molar-refractivity contribution in [3.8, 4) is 45.6 Å². The van der Waals surface area contributed by atoms with Gasteiger partial charge in [0.2, 0.25) is 5.89 Å². The SMILES string of the molecule is c1ccc(-c2nc(-c3ccc4c(c3)oc3ccccc34)nc(-c3cccc4sc5ccc(-c6nc7ccccc7o6)cc5c34)n2)cc1. The Bertz CT molecular complexity index is 2780. The Morgan fingerprint density at radius 1 is 0.426 bits per heavy atom. The van der Waals surface area contributed by atoms with E-state index in [1.165, 1.54) is 4.70 Å². The zero-order chi connectivity index (χ0) is 30.9. The molecule has 0 bridgehead atoms. The maximum Gasteiger partial charge on any atom is 0.227 e. The molecule has 4 aromatic heterocycles. The number of aromatic nitrogens is 4. The molecule has 0 atom stereocenters. The topological polar surface area (TPSA) is 77.8 Å². The molecule has 6 nitrogen and oxygen atoms in total. The van der Waals surface area contributed by atoms with E-state index in [0.717, 1.165) is 70.8 Å². The van der Waals surface area contributed by atoms with Gasteiger partial charge in [0.1, 0.15) is 16.7 Å². The average Bonchev–Trinajstić information content (AvgIpc) is 3.84. The second-order valence-electron chi connectivity index (χ2n) is 11.5. The predicted molar refractivity (Wildman–Crippen MR) is 189 cm³/mol. The molecule has 0 N–H and O–H groups in total. The van der Waals surface area contributed by atoms with Gasteiger partial charge >= 0.3 is 0 Å². The quantitative estimate of drug-likeness (QED) is 0.194. The molecule has 6 aromatic carbocycles. The third-order valence-electron chi connectivity index (χ3n) is 8.58. The largest absolute Gasteiger partial charge is 0.456 e. The zero-order valence-corrected chi connectivity index (χ0v) is 25.5. The van der Waals surface area contributed by atoms with Crippen molar-refractivity contribution in [1.29, 1.82) is 0 Å². The summed E-state index contributed by atoms with van der Waals surface area (Å²) in [7, 11) is 0. The minimum Gasteiger partial charge on any atom is -0.456 e. The number of benzene rings is 6. The monoisotopic (exact) mass is 622 g/mol. The molecule has 10 rings (SSSR count). The average molecular weight is 623 g/mol. The van der Waals surface area contributed by atoms with Gasteiger partial charge in [-0.05, 0) is 54.6 Å². The third-order valence-corrected chi connectivity index (χ3v) is 9.72. The number of furan rings is 1. The Kier molecular flexibility index (Phi) is 5.64. The summed E-state index contributed by atoms with van der Waals surface area (Å²) in [5.74, 6) is 2.40. The lowest BCUT2D eigenvalue weighted by Crippen LogP contribution is -2.00. The Hall–Kier alpha value is -6.18. The van der Waals surface area contributed by atoms with Crippen LogP contribution >= 0.6 is 11.3 Å². The van der Waals surface area contributed by atoms with E-state index < -0.39 is 0 Å². The predicted octanol–water partition coefficient (Wildman–Crippen LogP) is 10.9. The lowest BCUT2D eigenvalue weighted by atomic mass is 10.0. The number of thiophene rings is 1. The van der Waals surface area contributed by atoms with E-state index in [4.69, 9.17) is 28.8 Å². The third kappa shape index (κ3) is 4.25. The second kappa shape index (κ2) is 10.2. The first-order valence-corrected chi connectivity index (χ1v) is 16.1. The first kappa shape index (κ1) is 26.1. The molecule has 0 radical (unpaired) electrons. The zero-order valence-electron chi connectivity index (χ0n) is 24.7. The van der Waals surface area contributed by atoms with Gasteiger partial charge in [0.25, 0.3) is 0 Å². The number of oxazole rings is 1. The molecule has 0 saturated heterocycles. The molecule has 0 aliphatic carbocycles. The number of nitrogens with zero attached hydrogens (tertiary/aromatic N) is 4. The fourth-order valence-electron chi connectivity index (χ4n) is 6.35. The van der Waals surface area contributed by atoms with Crippen molar-refractivity contribution in [3.05, 3.63) is 133 Å². The van der Waals surface area contributed by atoms with Crippen LogP contribution in [-0.2, 0) is 0 Å². The molecule has 0 aliphatic rings. The van der Waals surface area contributed by atoms with E-state index in [9.17, 15) is 0 Å². The van der Waals surface area contributed by atoms with Crippen molar-refractivity contribution in [2.24, 2.45) is 0 Å². The van der Waals surface area contributed by atoms with Crippen LogP contribution in [0.15, 0.2) is 142 Å². The summed E-state index contributed by atoms with van der Waals surface area (Å²) < 4.78 is 14.7. The van der Waals surface area contributed by atoms with Gasteiger partial charge in [0, 0.05) is 53.2 Å². The fourth-order valence-corrected chi connectivity index (χ4v) is 7.46. The van der Waals surface area contributed by atoms with Crippen LogP contribution in [0, 0.1) is 0 Å². The van der Waals surface area contributed by atoms with Gasteiger partial charge in [0.05, 0.1) is 0 Å². The number of hydrogen-bond donors (Lipinski definition) is 0. The molecule has 10 aromatic rings. The molecule has 0 amide bonds. The maximum absolute atomic E-state index is 6.22. The lowest BCUT2D eigenvalue weighted by Gasteiger charge is -2.09. The summed E-state index contributed by atoms with van der Waals surface area (Å²) in [5.41, 5.74) is 6.90. The van der Waals surface area contributed by atoms with Gasteiger partial charge in [0.15, 0.2) is 23.1 Å². The summed E-state index contributed by atoms with van der Waals surface area (Å²) in [5, 5.41) is 4.34. The van der Waals surface area contributed by atoms with Gasteiger partial charge in [-0.3, -0.25) is 0 Å². The van der Waals surface area contributed by atoms with E-state index >= 15 is 0 Å². The van der Waals surface area contributed by atoms with Crippen LogP contribution < -0.4 is 0 Å². The van der Waals surface area contributed by atoms with Crippen molar-refractivity contribution in [3.63, 3.8) is 0 Å². The highest BCUT2D eigenvalue weighted by molar-refractivity contribution is 7.26. The molecule has 7 heteroatoms. The van der Waals surface area contributed by atoms with Gasteiger partial charge in [-0.2, -0.15) is 0 Å². The number of fused-ring (bicyclic) bond motifs is 7. The van der Waals surface area contributed by atoms with E-state index in [1.807, 2.05) is 78.9 Å². The first-order chi connectivity index (χ1) is 23.2. The minimum atomic E-state index is 0.583. The van der Waals surface area contributed by atoms with Crippen molar-refractivity contribution in [2.45, 2.75) is 0 Å². The van der Waals surface area contributed by atoms with Crippen LogP contribution in [0.25, 0.3) is 98.8 Å². The number of rotatable bonds is 4. The Morgan fingerprint density at radius 3 is 2.06 bits per heavy atom. The second-order valence-corrected chi connectivity index (χ2v) is 12.5. The highest BCUT2D eigenvalue weighted by atomic mass is 32.1. The Balaban J connectivity index is 1.19. The van der Waals surface area contributed by atoms with E-state index in [1.54, 1.807) is 11.3 Å². The van der Waals surface area contributed by atoms with Crippen LogP contribution in [0.5, 0.6) is 0 Å². The fraction of sp³-hybridized carbons (Fsp3) is 0. The van der Waals surface area contributed by atoms with Crippen LogP contribution in [-0.4, -0.2) is 19.9 Å². The van der Waals surface area contributed by atoms with Gasteiger partial charge < -0.3 is 8.83 Å². The standard InChI is InChI=1S/C40H22N4O2S/c1-2-9-23(10-3-1)37-42-38(24-17-19-27-26-11-4-6-14-31(26)45-33(27)22-24)44-39(43-37)28-12-8-16-35-36(28)29-21-25(18-20-34(29)47-35)40-41-30-13-5-7-15-32(30)46-40/h1-22H. The highest BCUT2D eigenvalue weighted by Crippen LogP contribution is 2.42. The number of hydrogen-bond acceptors (Lipinski definition) is 7. The van der Waals surface area contributed by atoms with E-state index in [0.29, 0.717) is 23.4 Å². The minimum absolute atomic E-state index is 0.583. The molecule has 0 fully saturated rings. The van der Waals surface area contributed by atoms with Gasteiger partial charge in [-0.1, -0.05) is 78.9 Å². The van der Waals surface area contributed by atoms with Crippen molar-refractivity contribution >= 4 is 64.5 Å². The van der Waals surface area contributed by atoms with Crippen LogP contribution in [0.2, 0.25) is 0 Å². The summed E-state index contributed by atoms with van der Waals surface area (Å²) in [6.45, 7) is 0. The Morgan fingerprint density at radius 2 is 1.17 bits per heavy atom. The highest BCUT2D eigenvalue weighted by Gasteiger charge is 2.19. The number of para-hydroxylation sites is 3. The molecular weight excluding hydrogens is 601 g/mol. The van der Waals surface area contributed by atoms with Crippen LogP contribution in [0.3, 0.4) is 0 Å². The summed E-state index contributed by atoms with van der Waals surface area (Å²) in [4.78, 5) is 19.9. The molecule has 0 saturated carbocycles.